The van der Waals surface area contributed by atoms with Gasteiger partial charge in [0.2, 0.25) is 5.91 Å². The molecule has 5 heteroatoms. The Morgan fingerprint density at radius 3 is 2.57 bits per heavy atom. The summed E-state index contributed by atoms with van der Waals surface area (Å²) in [6.07, 6.45) is 0.139. The maximum absolute atomic E-state index is 12.1. The van der Waals surface area contributed by atoms with Gasteiger partial charge in [0.05, 0.1) is 22.8 Å². The van der Waals surface area contributed by atoms with Gasteiger partial charge in [0.25, 0.3) is 0 Å². The van der Waals surface area contributed by atoms with E-state index in [-0.39, 0.29) is 17.7 Å². The monoisotopic (exact) mass is 306 g/mol. The van der Waals surface area contributed by atoms with Crippen molar-refractivity contribution in [2.24, 2.45) is 0 Å². The molecular formula is C16H19ClN2O2. The normalized spacial score (nSPS) is 11.5. The van der Waals surface area contributed by atoms with Crippen LogP contribution in [-0.2, 0) is 16.6 Å². The molecule has 1 aromatic carbocycles. The van der Waals surface area contributed by atoms with Crippen LogP contribution in [0.3, 0.4) is 0 Å². The zero-order valence-corrected chi connectivity index (χ0v) is 13.4. The Balaban J connectivity index is 2.10. The minimum atomic E-state index is -0.178. The van der Waals surface area contributed by atoms with E-state index < -0.39 is 0 Å². The van der Waals surface area contributed by atoms with E-state index in [4.69, 9.17) is 16.0 Å². The molecule has 1 N–H and O–H groups in total. The highest BCUT2D eigenvalue weighted by atomic mass is 35.5. The van der Waals surface area contributed by atoms with Crippen LogP contribution >= 0.6 is 11.6 Å². The highest BCUT2D eigenvalue weighted by molar-refractivity contribution is 6.33. The lowest BCUT2D eigenvalue weighted by molar-refractivity contribution is -0.115. The minimum Gasteiger partial charge on any atom is -0.444 e. The Labute approximate surface area is 129 Å². The SMILES string of the molecule is Cc1nc(C(C)(C)C)oc1CC(=O)Nc1ccccc1Cl. The molecule has 112 valence electrons. The Bertz CT molecular complexity index is 657. The third kappa shape index (κ3) is 3.85. The molecule has 2 rings (SSSR count). The molecule has 0 atom stereocenters. The van der Waals surface area contributed by atoms with Crippen molar-refractivity contribution in [3.8, 4) is 0 Å². The van der Waals surface area contributed by atoms with Crippen molar-refractivity contribution in [1.29, 1.82) is 0 Å². The van der Waals surface area contributed by atoms with E-state index >= 15 is 0 Å². The average Bonchev–Trinajstić information content (AvgIpc) is 2.74. The van der Waals surface area contributed by atoms with Gasteiger partial charge in [-0.25, -0.2) is 4.98 Å². The van der Waals surface area contributed by atoms with Crippen molar-refractivity contribution < 1.29 is 9.21 Å². The molecular weight excluding hydrogens is 288 g/mol. The summed E-state index contributed by atoms with van der Waals surface area (Å²) in [6, 6.07) is 7.12. The number of carbonyl (C=O) groups is 1. The zero-order chi connectivity index (χ0) is 15.6. The van der Waals surface area contributed by atoms with Crippen molar-refractivity contribution >= 4 is 23.2 Å². The number of hydrogen-bond acceptors (Lipinski definition) is 3. The smallest absolute Gasteiger partial charge is 0.232 e. The standard InChI is InChI=1S/C16H19ClN2O2/c1-10-13(21-15(18-10)16(2,3)4)9-14(20)19-12-8-6-5-7-11(12)17/h5-8H,9H2,1-4H3,(H,19,20). The van der Waals surface area contributed by atoms with Crippen molar-refractivity contribution in [2.75, 3.05) is 5.32 Å². The third-order valence-corrected chi connectivity index (χ3v) is 3.33. The molecule has 0 fully saturated rings. The van der Waals surface area contributed by atoms with Gasteiger partial charge in [0.1, 0.15) is 5.76 Å². The average molecular weight is 307 g/mol. The second-order valence-electron chi connectivity index (χ2n) is 5.98. The number of rotatable bonds is 3. The summed E-state index contributed by atoms with van der Waals surface area (Å²) in [5, 5.41) is 3.28. The molecule has 0 aliphatic carbocycles. The van der Waals surface area contributed by atoms with Crippen LogP contribution in [0, 0.1) is 6.92 Å². The molecule has 2 aromatic rings. The summed E-state index contributed by atoms with van der Waals surface area (Å²) < 4.78 is 5.71. The van der Waals surface area contributed by atoms with Gasteiger partial charge < -0.3 is 9.73 Å². The van der Waals surface area contributed by atoms with Crippen LogP contribution < -0.4 is 5.32 Å². The number of para-hydroxylation sites is 1. The van der Waals surface area contributed by atoms with Gasteiger partial charge in [0, 0.05) is 5.41 Å². The molecule has 0 aliphatic rings. The molecule has 21 heavy (non-hydrogen) atoms. The fraction of sp³-hybridized carbons (Fsp3) is 0.375. The molecule has 0 aliphatic heterocycles. The molecule has 1 heterocycles. The maximum atomic E-state index is 12.1. The first-order valence-corrected chi connectivity index (χ1v) is 7.16. The summed E-state index contributed by atoms with van der Waals surface area (Å²) in [5.74, 6) is 1.05. The number of benzene rings is 1. The van der Waals surface area contributed by atoms with Crippen LogP contribution in [0.4, 0.5) is 5.69 Å². The second-order valence-corrected chi connectivity index (χ2v) is 6.39. The Morgan fingerprint density at radius 1 is 1.33 bits per heavy atom. The molecule has 0 saturated carbocycles. The minimum absolute atomic E-state index is 0.139. The van der Waals surface area contributed by atoms with Crippen molar-refractivity contribution in [3.63, 3.8) is 0 Å². The van der Waals surface area contributed by atoms with E-state index in [1.54, 1.807) is 12.1 Å². The molecule has 0 radical (unpaired) electrons. The van der Waals surface area contributed by atoms with E-state index in [0.29, 0.717) is 22.4 Å². The Kier molecular flexibility index (Phi) is 4.37. The number of carbonyl (C=O) groups excluding carboxylic acids is 1. The first-order chi connectivity index (χ1) is 9.77. The van der Waals surface area contributed by atoms with Gasteiger partial charge >= 0.3 is 0 Å². The first-order valence-electron chi connectivity index (χ1n) is 6.78. The lowest BCUT2D eigenvalue weighted by Crippen LogP contribution is -2.15. The van der Waals surface area contributed by atoms with Gasteiger partial charge in [0.15, 0.2) is 5.89 Å². The summed E-state index contributed by atoms with van der Waals surface area (Å²) in [5.41, 5.74) is 1.16. The number of anilines is 1. The van der Waals surface area contributed by atoms with E-state index in [1.165, 1.54) is 0 Å². The predicted molar refractivity (Wildman–Crippen MR) is 83.7 cm³/mol. The number of halogens is 1. The highest BCUT2D eigenvalue weighted by Crippen LogP contribution is 2.25. The molecule has 0 bridgehead atoms. The number of nitrogens with zero attached hydrogens (tertiary/aromatic N) is 1. The fourth-order valence-electron chi connectivity index (χ4n) is 1.82. The third-order valence-electron chi connectivity index (χ3n) is 3.00. The van der Waals surface area contributed by atoms with Crippen LogP contribution in [0.25, 0.3) is 0 Å². The molecule has 1 amide bonds. The van der Waals surface area contributed by atoms with Gasteiger partial charge in [-0.3, -0.25) is 4.79 Å². The number of amides is 1. The van der Waals surface area contributed by atoms with Crippen LogP contribution in [0.15, 0.2) is 28.7 Å². The topological polar surface area (TPSA) is 55.1 Å². The maximum Gasteiger partial charge on any atom is 0.232 e. The lowest BCUT2D eigenvalue weighted by Gasteiger charge is -2.12. The number of oxazole rings is 1. The van der Waals surface area contributed by atoms with E-state index in [2.05, 4.69) is 10.3 Å². The number of nitrogens with one attached hydrogen (secondary N) is 1. The Hall–Kier alpha value is -1.81. The van der Waals surface area contributed by atoms with Crippen molar-refractivity contribution in [1.82, 2.24) is 4.98 Å². The lowest BCUT2D eigenvalue weighted by atomic mass is 9.97. The summed E-state index contributed by atoms with van der Waals surface area (Å²) in [6.45, 7) is 7.90. The number of aromatic nitrogens is 1. The molecule has 1 aromatic heterocycles. The van der Waals surface area contributed by atoms with Crippen LogP contribution in [0.1, 0.15) is 38.1 Å². The predicted octanol–water partition coefficient (Wildman–Crippen LogP) is 4.12. The summed E-state index contributed by atoms with van der Waals surface area (Å²) >= 11 is 6.02. The summed E-state index contributed by atoms with van der Waals surface area (Å²) in [7, 11) is 0. The Morgan fingerprint density at radius 2 is 2.00 bits per heavy atom. The van der Waals surface area contributed by atoms with Crippen LogP contribution in [-0.4, -0.2) is 10.9 Å². The van der Waals surface area contributed by atoms with Gasteiger partial charge in [-0.1, -0.05) is 44.5 Å². The fourth-order valence-corrected chi connectivity index (χ4v) is 2.00. The highest BCUT2D eigenvalue weighted by Gasteiger charge is 2.23. The second kappa shape index (κ2) is 5.90. The molecule has 4 nitrogen and oxygen atoms in total. The van der Waals surface area contributed by atoms with Gasteiger partial charge in [-0.2, -0.15) is 0 Å². The van der Waals surface area contributed by atoms with Crippen LogP contribution in [0.2, 0.25) is 5.02 Å². The zero-order valence-electron chi connectivity index (χ0n) is 12.7. The number of hydrogen-bond donors (Lipinski definition) is 1. The van der Waals surface area contributed by atoms with E-state index in [1.807, 2.05) is 39.8 Å². The molecule has 0 saturated heterocycles. The van der Waals surface area contributed by atoms with Gasteiger partial charge in [-0.05, 0) is 19.1 Å². The van der Waals surface area contributed by atoms with Crippen molar-refractivity contribution in [3.05, 3.63) is 46.6 Å². The largest absolute Gasteiger partial charge is 0.444 e. The molecule has 0 spiro atoms. The van der Waals surface area contributed by atoms with E-state index in [9.17, 15) is 4.79 Å². The van der Waals surface area contributed by atoms with E-state index in [0.717, 1.165) is 5.69 Å². The van der Waals surface area contributed by atoms with Crippen LogP contribution in [0.5, 0.6) is 0 Å². The number of aryl methyl sites for hydroxylation is 1. The quantitative estimate of drug-likeness (QED) is 0.928. The molecule has 0 unspecified atom stereocenters. The van der Waals surface area contributed by atoms with Gasteiger partial charge in [-0.15, -0.1) is 0 Å². The summed E-state index contributed by atoms with van der Waals surface area (Å²) in [4.78, 5) is 16.5. The van der Waals surface area contributed by atoms with Crippen molar-refractivity contribution in [2.45, 2.75) is 39.5 Å². The first kappa shape index (κ1) is 15.6.